The Morgan fingerprint density at radius 1 is 1.13 bits per heavy atom. The molecule has 1 amide bonds. The van der Waals surface area contributed by atoms with Crippen molar-refractivity contribution < 1.29 is 9.21 Å². The van der Waals surface area contributed by atoms with Crippen LogP contribution in [0.2, 0.25) is 0 Å². The first-order valence-corrected chi connectivity index (χ1v) is 11.2. The molecular weight excluding hydrogens is 374 g/mol. The summed E-state index contributed by atoms with van der Waals surface area (Å²) >= 11 is 0. The van der Waals surface area contributed by atoms with Crippen LogP contribution in [-0.2, 0) is 24.1 Å². The summed E-state index contributed by atoms with van der Waals surface area (Å²) in [7, 11) is 0. The van der Waals surface area contributed by atoms with Crippen molar-refractivity contribution >= 4 is 23.2 Å². The lowest BCUT2D eigenvalue weighted by atomic mass is 9.94. The number of fused-ring (bicyclic) bond motifs is 2. The molecule has 1 fully saturated rings. The van der Waals surface area contributed by atoms with Crippen molar-refractivity contribution in [2.45, 2.75) is 51.4 Å². The summed E-state index contributed by atoms with van der Waals surface area (Å²) in [6, 6.07) is 8.54. The van der Waals surface area contributed by atoms with Gasteiger partial charge in [-0.05, 0) is 75.4 Å². The second-order valence-corrected chi connectivity index (χ2v) is 8.61. The summed E-state index contributed by atoms with van der Waals surface area (Å²) in [5, 5.41) is 12.6. The van der Waals surface area contributed by atoms with Gasteiger partial charge in [-0.25, -0.2) is 0 Å². The normalized spacial score (nSPS) is 20.0. The maximum absolute atomic E-state index is 12.7. The van der Waals surface area contributed by atoms with Crippen molar-refractivity contribution in [3.63, 3.8) is 0 Å². The minimum Gasteiger partial charge on any atom is -0.460 e. The molecule has 1 N–H and O–H groups in total. The zero-order valence-corrected chi connectivity index (χ0v) is 17.3. The van der Waals surface area contributed by atoms with E-state index in [9.17, 15) is 10.1 Å². The number of carbonyl (C=O) groups is 1. The maximum Gasteiger partial charge on any atom is 0.256 e. The number of piperidine rings is 1. The Labute approximate surface area is 177 Å². The largest absolute Gasteiger partial charge is 0.460 e. The van der Waals surface area contributed by atoms with Crippen molar-refractivity contribution in [2.24, 2.45) is 0 Å². The fraction of sp³-hybridized carbons (Fsp3) is 0.440. The molecule has 0 bridgehead atoms. The number of nitrogens with one attached hydrogen (secondary N) is 1. The zero-order chi connectivity index (χ0) is 20.5. The third-order valence-corrected chi connectivity index (χ3v) is 6.62. The predicted molar refractivity (Wildman–Crippen MR) is 117 cm³/mol. The van der Waals surface area contributed by atoms with E-state index < -0.39 is 0 Å². The topological polar surface area (TPSA) is 69.3 Å². The number of furan rings is 1. The molecule has 3 heterocycles. The van der Waals surface area contributed by atoms with Crippen molar-refractivity contribution in [1.82, 2.24) is 4.90 Å². The number of anilines is 1. The minimum absolute atomic E-state index is 0.128. The molecule has 1 aliphatic carbocycles. The van der Waals surface area contributed by atoms with Gasteiger partial charge in [0.05, 0.1) is 5.57 Å². The van der Waals surface area contributed by atoms with Crippen molar-refractivity contribution in [3.8, 4) is 6.07 Å². The summed E-state index contributed by atoms with van der Waals surface area (Å²) in [5.41, 5.74) is 5.20. The van der Waals surface area contributed by atoms with Crippen LogP contribution >= 0.6 is 0 Å². The second-order valence-electron chi connectivity index (χ2n) is 8.61. The van der Waals surface area contributed by atoms with Gasteiger partial charge in [0.2, 0.25) is 0 Å². The number of carbonyl (C=O) groups excluding carboxylic acids is 1. The maximum atomic E-state index is 12.7. The van der Waals surface area contributed by atoms with E-state index in [1.807, 2.05) is 6.07 Å². The lowest BCUT2D eigenvalue weighted by molar-refractivity contribution is -0.110. The van der Waals surface area contributed by atoms with E-state index in [1.165, 1.54) is 37.9 Å². The Kier molecular flexibility index (Phi) is 5.18. The number of rotatable bonds is 4. The molecular formula is C25H27N3O2. The minimum atomic E-state index is -0.128. The smallest absolute Gasteiger partial charge is 0.256 e. The third kappa shape index (κ3) is 3.57. The molecule has 0 saturated carbocycles. The Morgan fingerprint density at radius 3 is 2.80 bits per heavy atom. The number of amides is 1. The predicted octanol–water partition coefficient (Wildman–Crippen LogP) is 4.55. The SMILES string of the molecule is N#Cc1c(C=C2C(=O)Nc3ccc(CCN4CCCCC4)cc32)oc2c1CCCC2. The van der Waals surface area contributed by atoms with Crippen LogP contribution in [0, 0.1) is 11.3 Å². The van der Waals surface area contributed by atoms with Crippen LogP contribution in [0.15, 0.2) is 22.6 Å². The Hall–Kier alpha value is -2.84. The van der Waals surface area contributed by atoms with E-state index in [2.05, 4.69) is 28.4 Å². The molecule has 2 aromatic rings. The first-order chi connectivity index (χ1) is 14.7. The molecule has 0 spiro atoms. The quantitative estimate of drug-likeness (QED) is 0.763. The number of hydrogen-bond donors (Lipinski definition) is 1. The molecule has 0 radical (unpaired) electrons. The first kappa shape index (κ1) is 19.1. The van der Waals surface area contributed by atoms with Crippen LogP contribution in [0.1, 0.15) is 65.9 Å². The monoisotopic (exact) mass is 401 g/mol. The van der Waals surface area contributed by atoms with Crippen LogP contribution < -0.4 is 5.32 Å². The summed E-state index contributed by atoms with van der Waals surface area (Å²) in [4.78, 5) is 15.2. The van der Waals surface area contributed by atoms with Crippen LogP contribution in [0.5, 0.6) is 0 Å². The molecule has 1 aromatic heterocycles. The molecule has 2 aliphatic heterocycles. The molecule has 3 aliphatic rings. The van der Waals surface area contributed by atoms with E-state index in [0.29, 0.717) is 16.9 Å². The van der Waals surface area contributed by atoms with Gasteiger partial charge in [-0.15, -0.1) is 0 Å². The summed E-state index contributed by atoms with van der Waals surface area (Å²) < 4.78 is 6.02. The molecule has 5 rings (SSSR count). The van der Waals surface area contributed by atoms with Crippen LogP contribution in [0.3, 0.4) is 0 Å². The van der Waals surface area contributed by atoms with Gasteiger partial charge in [0, 0.05) is 29.8 Å². The van der Waals surface area contributed by atoms with Gasteiger partial charge in [0.25, 0.3) is 5.91 Å². The highest BCUT2D eigenvalue weighted by Gasteiger charge is 2.27. The van der Waals surface area contributed by atoms with Gasteiger partial charge in [0.15, 0.2) is 0 Å². The summed E-state index contributed by atoms with van der Waals surface area (Å²) in [6.07, 6.45) is 10.6. The van der Waals surface area contributed by atoms with E-state index in [-0.39, 0.29) is 5.91 Å². The molecule has 0 unspecified atom stereocenters. The molecule has 154 valence electrons. The molecule has 1 saturated heterocycles. The fourth-order valence-corrected chi connectivity index (χ4v) is 4.95. The molecule has 5 nitrogen and oxygen atoms in total. The van der Waals surface area contributed by atoms with Crippen molar-refractivity contribution in [3.05, 3.63) is 52.0 Å². The number of nitriles is 1. The van der Waals surface area contributed by atoms with Gasteiger partial charge in [0.1, 0.15) is 23.2 Å². The van der Waals surface area contributed by atoms with E-state index >= 15 is 0 Å². The Morgan fingerprint density at radius 2 is 1.97 bits per heavy atom. The summed E-state index contributed by atoms with van der Waals surface area (Å²) in [6.45, 7) is 3.44. The van der Waals surface area contributed by atoms with E-state index in [4.69, 9.17) is 4.42 Å². The van der Waals surface area contributed by atoms with Gasteiger partial charge in [-0.2, -0.15) is 5.26 Å². The van der Waals surface area contributed by atoms with Gasteiger partial charge in [-0.3, -0.25) is 4.79 Å². The Bertz CT molecular complexity index is 1050. The van der Waals surface area contributed by atoms with Crippen molar-refractivity contribution in [1.29, 1.82) is 5.26 Å². The number of hydrogen-bond acceptors (Lipinski definition) is 4. The zero-order valence-electron chi connectivity index (χ0n) is 17.3. The number of benzene rings is 1. The highest BCUT2D eigenvalue weighted by atomic mass is 16.3. The highest BCUT2D eigenvalue weighted by molar-refractivity contribution is 6.34. The highest BCUT2D eigenvalue weighted by Crippen LogP contribution is 2.37. The summed E-state index contributed by atoms with van der Waals surface area (Å²) in [5.74, 6) is 1.32. The first-order valence-electron chi connectivity index (χ1n) is 11.2. The molecule has 5 heteroatoms. The lowest BCUT2D eigenvalue weighted by Gasteiger charge is -2.26. The van der Waals surface area contributed by atoms with E-state index in [1.54, 1.807) is 6.08 Å². The van der Waals surface area contributed by atoms with Gasteiger partial charge in [-0.1, -0.05) is 12.5 Å². The van der Waals surface area contributed by atoms with Gasteiger partial charge < -0.3 is 14.6 Å². The average Bonchev–Trinajstić information content (AvgIpc) is 3.29. The second kappa shape index (κ2) is 8.12. The van der Waals surface area contributed by atoms with Crippen LogP contribution in [0.25, 0.3) is 11.6 Å². The number of likely N-dealkylation sites (tertiary alicyclic amines) is 1. The fourth-order valence-electron chi connectivity index (χ4n) is 4.95. The lowest BCUT2D eigenvalue weighted by Crippen LogP contribution is -2.31. The molecule has 30 heavy (non-hydrogen) atoms. The third-order valence-electron chi connectivity index (χ3n) is 6.62. The Balaban J connectivity index is 1.43. The number of nitrogens with zero attached hydrogens (tertiary/aromatic N) is 2. The van der Waals surface area contributed by atoms with Gasteiger partial charge >= 0.3 is 0 Å². The van der Waals surface area contributed by atoms with Crippen molar-refractivity contribution in [2.75, 3.05) is 25.0 Å². The van der Waals surface area contributed by atoms with Crippen LogP contribution in [0.4, 0.5) is 5.69 Å². The number of aryl methyl sites for hydroxylation is 1. The van der Waals surface area contributed by atoms with E-state index in [0.717, 1.165) is 61.2 Å². The standard InChI is InChI=1S/C25H27N3O2/c26-16-21-18-6-2-3-7-23(18)30-24(21)15-20-19-14-17(8-9-22(19)27-25(20)29)10-13-28-11-4-1-5-12-28/h8-9,14-15H,1-7,10-13H2,(H,27,29). The molecule has 0 atom stereocenters. The molecule has 1 aromatic carbocycles. The average molecular weight is 402 g/mol. The van der Waals surface area contributed by atoms with Crippen LogP contribution in [-0.4, -0.2) is 30.4 Å².